The Bertz CT molecular complexity index is 662. The Morgan fingerprint density at radius 3 is 2.50 bits per heavy atom. The topological polar surface area (TPSA) is 34.1 Å². The zero-order chi connectivity index (χ0) is 15.8. The first-order valence-corrected chi connectivity index (χ1v) is 7.95. The monoisotopic (exact) mass is 356 g/mol. The number of aldehydes is 1. The van der Waals surface area contributed by atoms with E-state index in [1.54, 1.807) is 18.2 Å². The molecule has 0 radical (unpaired) electrons. The third-order valence-electron chi connectivity index (χ3n) is 3.45. The Kier molecular flexibility index (Phi) is 6.28. The smallest absolute Gasteiger partial charge is 0.185 e. The maximum atomic E-state index is 12.0. The summed E-state index contributed by atoms with van der Waals surface area (Å²) in [5.74, 6) is 0.0783. The van der Waals surface area contributed by atoms with Gasteiger partial charge in [-0.25, -0.2) is 0 Å². The van der Waals surface area contributed by atoms with E-state index >= 15 is 0 Å². The Morgan fingerprint density at radius 1 is 1.05 bits per heavy atom. The average molecular weight is 357 g/mol. The molecule has 0 saturated heterocycles. The van der Waals surface area contributed by atoms with E-state index in [1.807, 2.05) is 48.5 Å². The number of allylic oxidation sites excluding steroid dienone is 2. The van der Waals surface area contributed by atoms with E-state index in [1.165, 1.54) is 0 Å². The lowest BCUT2D eigenvalue weighted by molar-refractivity contribution is -0.108. The van der Waals surface area contributed by atoms with Crippen LogP contribution in [0.3, 0.4) is 0 Å². The molecule has 2 nitrogen and oxygen atoms in total. The molecule has 3 heteroatoms. The van der Waals surface area contributed by atoms with E-state index in [-0.39, 0.29) is 11.7 Å². The third-order valence-corrected chi connectivity index (χ3v) is 3.94. The van der Waals surface area contributed by atoms with Crippen LogP contribution in [0.2, 0.25) is 0 Å². The first-order chi connectivity index (χ1) is 10.7. The molecule has 1 atom stereocenters. The minimum absolute atomic E-state index is 0.0142. The third kappa shape index (κ3) is 4.78. The van der Waals surface area contributed by atoms with Crippen LogP contribution >= 0.6 is 15.9 Å². The summed E-state index contributed by atoms with van der Waals surface area (Å²) in [5, 5.41) is 0. The van der Waals surface area contributed by atoms with Crippen molar-refractivity contribution >= 4 is 28.0 Å². The maximum absolute atomic E-state index is 12.0. The number of hydrogen-bond donors (Lipinski definition) is 0. The highest BCUT2D eigenvalue weighted by atomic mass is 79.9. The molecule has 0 heterocycles. The van der Waals surface area contributed by atoms with Crippen LogP contribution in [-0.4, -0.2) is 12.1 Å². The van der Waals surface area contributed by atoms with Gasteiger partial charge in [-0.15, -0.1) is 0 Å². The fourth-order valence-corrected chi connectivity index (χ4v) is 2.70. The Labute approximate surface area is 139 Å². The van der Waals surface area contributed by atoms with Gasteiger partial charge in [0.25, 0.3) is 0 Å². The van der Waals surface area contributed by atoms with Gasteiger partial charge in [-0.3, -0.25) is 4.79 Å². The second-order valence-corrected chi connectivity index (χ2v) is 5.94. The summed E-state index contributed by atoms with van der Waals surface area (Å²) in [7, 11) is 0. The number of carbonyl (C=O) groups is 2. The molecule has 0 aliphatic rings. The SMILES string of the molecule is O=CC[C@@H](C/C=C/C(=O)c1ccccc1)c1cccc(Br)c1. The lowest BCUT2D eigenvalue weighted by Gasteiger charge is -2.12. The molecule has 0 unspecified atom stereocenters. The normalized spacial score (nSPS) is 12.2. The summed E-state index contributed by atoms with van der Waals surface area (Å²) in [6.07, 6.45) is 5.47. The van der Waals surface area contributed by atoms with Crippen LogP contribution in [-0.2, 0) is 4.79 Å². The number of hydrogen-bond acceptors (Lipinski definition) is 2. The molecule has 0 spiro atoms. The molecule has 112 valence electrons. The van der Waals surface area contributed by atoms with Crippen LogP contribution < -0.4 is 0 Å². The van der Waals surface area contributed by atoms with Crippen LogP contribution in [0.1, 0.15) is 34.7 Å². The molecule has 0 aromatic heterocycles. The van der Waals surface area contributed by atoms with E-state index in [0.29, 0.717) is 18.4 Å². The zero-order valence-electron chi connectivity index (χ0n) is 12.1. The summed E-state index contributed by atoms with van der Waals surface area (Å²) < 4.78 is 0.991. The number of rotatable bonds is 7. The summed E-state index contributed by atoms with van der Waals surface area (Å²) >= 11 is 3.44. The molecule has 2 aromatic carbocycles. The lowest BCUT2D eigenvalue weighted by atomic mass is 9.92. The molecule has 0 N–H and O–H groups in total. The maximum Gasteiger partial charge on any atom is 0.185 e. The minimum Gasteiger partial charge on any atom is -0.303 e. The van der Waals surface area contributed by atoms with Gasteiger partial charge >= 0.3 is 0 Å². The predicted molar refractivity (Wildman–Crippen MR) is 92.1 cm³/mol. The van der Waals surface area contributed by atoms with Gasteiger partial charge in [0.1, 0.15) is 6.29 Å². The van der Waals surface area contributed by atoms with Gasteiger partial charge in [-0.05, 0) is 36.1 Å². The van der Waals surface area contributed by atoms with E-state index in [2.05, 4.69) is 15.9 Å². The Hall–Kier alpha value is -2.00. The average Bonchev–Trinajstić information content (AvgIpc) is 2.54. The van der Waals surface area contributed by atoms with Crippen LogP contribution in [0, 0.1) is 0 Å². The van der Waals surface area contributed by atoms with Crippen LogP contribution in [0.5, 0.6) is 0 Å². The van der Waals surface area contributed by atoms with Crippen LogP contribution in [0.25, 0.3) is 0 Å². The van der Waals surface area contributed by atoms with Crippen LogP contribution in [0.4, 0.5) is 0 Å². The van der Waals surface area contributed by atoms with E-state index in [4.69, 9.17) is 0 Å². The molecule has 0 fully saturated rings. The van der Waals surface area contributed by atoms with Crippen molar-refractivity contribution < 1.29 is 9.59 Å². The lowest BCUT2D eigenvalue weighted by Crippen LogP contribution is -1.99. The van der Waals surface area contributed by atoms with Crippen molar-refractivity contribution in [3.63, 3.8) is 0 Å². The Morgan fingerprint density at radius 2 is 1.82 bits per heavy atom. The van der Waals surface area contributed by atoms with Gasteiger partial charge in [0.05, 0.1) is 0 Å². The Balaban J connectivity index is 2.04. The van der Waals surface area contributed by atoms with Crippen molar-refractivity contribution in [1.29, 1.82) is 0 Å². The van der Waals surface area contributed by atoms with Crippen molar-refractivity contribution in [3.05, 3.63) is 82.3 Å². The molecule has 0 amide bonds. The van der Waals surface area contributed by atoms with Gasteiger partial charge in [0, 0.05) is 16.5 Å². The van der Waals surface area contributed by atoms with Gasteiger partial charge < -0.3 is 4.79 Å². The number of carbonyl (C=O) groups excluding carboxylic acids is 2. The van der Waals surface area contributed by atoms with Crippen molar-refractivity contribution in [2.24, 2.45) is 0 Å². The standard InChI is InChI=1S/C19H17BrO2/c20-18-10-4-9-17(14-18)15(12-13-21)8-5-11-19(22)16-6-2-1-3-7-16/h1-7,9-11,13-15H,8,12H2/b11-5+/t15-/m1/s1. The molecule has 0 aliphatic carbocycles. The zero-order valence-corrected chi connectivity index (χ0v) is 13.7. The van der Waals surface area contributed by atoms with Crippen molar-refractivity contribution in [2.75, 3.05) is 0 Å². The summed E-state index contributed by atoms with van der Waals surface area (Å²) in [5.41, 5.74) is 1.77. The van der Waals surface area contributed by atoms with Gasteiger partial charge in [0.15, 0.2) is 5.78 Å². The first-order valence-electron chi connectivity index (χ1n) is 7.15. The van der Waals surface area contributed by atoms with Gasteiger partial charge in [0.2, 0.25) is 0 Å². The predicted octanol–water partition coefficient (Wildman–Crippen LogP) is 4.95. The fraction of sp³-hybridized carbons (Fsp3) is 0.158. The minimum atomic E-state index is -0.0142. The van der Waals surface area contributed by atoms with Crippen LogP contribution in [0.15, 0.2) is 71.2 Å². The summed E-state index contributed by atoms with van der Waals surface area (Å²) in [6, 6.07) is 17.1. The van der Waals surface area contributed by atoms with Gasteiger partial charge in [-0.1, -0.05) is 64.5 Å². The summed E-state index contributed by atoms with van der Waals surface area (Å²) in [6.45, 7) is 0. The van der Waals surface area contributed by atoms with Crippen molar-refractivity contribution in [2.45, 2.75) is 18.8 Å². The number of ketones is 1. The highest BCUT2D eigenvalue weighted by Gasteiger charge is 2.10. The fourth-order valence-electron chi connectivity index (χ4n) is 2.28. The molecule has 2 rings (SSSR count). The quantitative estimate of drug-likeness (QED) is 0.399. The second-order valence-electron chi connectivity index (χ2n) is 5.02. The highest BCUT2D eigenvalue weighted by Crippen LogP contribution is 2.25. The van der Waals surface area contributed by atoms with Gasteiger partial charge in [-0.2, -0.15) is 0 Å². The van der Waals surface area contributed by atoms with E-state index in [9.17, 15) is 9.59 Å². The molecule has 0 saturated carbocycles. The number of benzene rings is 2. The second kappa shape index (κ2) is 8.44. The molecular formula is C19H17BrO2. The molecule has 22 heavy (non-hydrogen) atoms. The molecule has 0 aliphatic heterocycles. The number of halogens is 1. The summed E-state index contributed by atoms with van der Waals surface area (Å²) in [4.78, 5) is 22.9. The molecule has 2 aromatic rings. The first kappa shape index (κ1) is 16.4. The van der Waals surface area contributed by atoms with E-state index in [0.717, 1.165) is 16.3 Å². The van der Waals surface area contributed by atoms with Crippen molar-refractivity contribution in [1.82, 2.24) is 0 Å². The largest absolute Gasteiger partial charge is 0.303 e. The molecular weight excluding hydrogens is 340 g/mol. The van der Waals surface area contributed by atoms with Crippen molar-refractivity contribution in [3.8, 4) is 0 Å². The molecule has 0 bridgehead atoms. The highest BCUT2D eigenvalue weighted by molar-refractivity contribution is 9.10. The van der Waals surface area contributed by atoms with E-state index < -0.39 is 0 Å².